The maximum atomic E-state index is 11.8. The average Bonchev–Trinajstić information content (AvgIpc) is 3.34. The number of aromatic nitrogens is 2. The van der Waals surface area contributed by atoms with Crippen LogP contribution in [-0.2, 0) is 22.0 Å². The monoisotopic (exact) mass is 384 g/mol. The van der Waals surface area contributed by atoms with Gasteiger partial charge in [0.05, 0.1) is 24.7 Å². The Morgan fingerprint density at radius 2 is 2.07 bits per heavy atom. The van der Waals surface area contributed by atoms with E-state index in [9.17, 15) is 9.90 Å². The van der Waals surface area contributed by atoms with Gasteiger partial charge >= 0.3 is 11.9 Å². The molecule has 3 aliphatic rings. The highest BCUT2D eigenvalue weighted by Crippen LogP contribution is 2.60. The van der Waals surface area contributed by atoms with E-state index < -0.39 is 17.1 Å². The van der Waals surface area contributed by atoms with Gasteiger partial charge < -0.3 is 19.3 Å². The third kappa shape index (κ3) is 2.40. The maximum Gasteiger partial charge on any atom is 0.308 e. The summed E-state index contributed by atoms with van der Waals surface area (Å²) in [5.41, 5.74) is -0.509. The lowest BCUT2D eigenvalue weighted by molar-refractivity contribution is -0.326. The van der Waals surface area contributed by atoms with Gasteiger partial charge in [-0.2, -0.15) is 4.98 Å². The lowest BCUT2D eigenvalue weighted by Gasteiger charge is -2.44. The number of aryl methyl sites for hydroxylation is 1. The Bertz CT molecular complexity index is 971. The van der Waals surface area contributed by atoms with Crippen LogP contribution in [0.15, 0.2) is 41.3 Å². The number of hydrogen-bond donors (Lipinski definition) is 1. The molecule has 1 unspecified atom stereocenters. The second-order valence-corrected chi connectivity index (χ2v) is 8.06. The molecule has 7 heteroatoms. The molecule has 0 amide bonds. The van der Waals surface area contributed by atoms with E-state index in [1.165, 1.54) is 0 Å². The van der Waals surface area contributed by atoms with Gasteiger partial charge in [-0.1, -0.05) is 37.3 Å². The van der Waals surface area contributed by atoms with Crippen LogP contribution in [0.2, 0.25) is 0 Å². The molecule has 2 fully saturated rings. The number of rotatable bonds is 5. The first-order valence-electron chi connectivity index (χ1n) is 9.79. The van der Waals surface area contributed by atoms with Crippen molar-refractivity contribution in [2.75, 3.05) is 0 Å². The van der Waals surface area contributed by atoms with Crippen LogP contribution in [0.3, 0.4) is 0 Å². The summed E-state index contributed by atoms with van der Waals surface area (Å²) < 4.78 is 20.4. The molecule has 0 bridgehead atoms. The lowest BCUT2D eigenvalue weighted by atomic mass is 9.85. The van der Waals surface area contributed by atoms with Gasteiger partial charge in [-0.25, -0.2) is 4.57 Å². The van der Waals surface area contributed by atoms with Gasteiger partial charge in [0.15, 0.2) is 0 Å². The minimum absolute atomic E-state index is 0.243. The van der Waals surface area contributed by atoms with Crippen LogP contribution in [0.5, 0.6) is 6.01 Å². The fourth-order valence-electron chi connectivity index (χ4n) is 4.53. The van der Waals surface area contributed by atoms with Crippen LogP contribution >= 0.6 is 0 Å². The Morgan fingerprint density at radius 1 is 1.32 bits per heavy atom. The summed E-state index contributed by atoms with van der Waals surface area (Å²) in [6, 6.07) is 10.2. The summed E-state index contributed by atoms with van der Waals surface area (Å²) in [6.07, 6.45) is 3.74. The standard InChI is InChI=1S/C21H24N2O5/c1-3-20(19(25)9-10-19)16(26-13-15-7-5-4-6-8-15)11-21(28-20)23-12-14(2)17(24)22-18(23)27-21/h4-8,12,16,25H,3,9-11,13H2,1-2H3/t16?,20-,21+/m0/s1. The Labute approximate surface area is 162 Å². The lowest BCUT2D eigenvalue weighted by Crippen LogP contribution is -2.56. The van der Waals surface area contributed by atoms with Gasteiger partial charge in [0.2, 0.25) is 0 Å². The summed E-state index contributed by atoms with van der Waals surface area (Å²) >= 11 is 0. The summed E-state index contributed by atoms with van der Waals surface area (Å²) in [4.78, 5) is 15.7. The highest BCUT2D eigenvalue weighted by Gasteiger charge is 2.73. The van der Waals surface area contributed by atoms with Gasteiger partial charge in [-0.05, 0) is 31.7 Å². The third-order valence-corrected chi connectivity index (χ3v) is 6.32. The van der Waals surface area contributed by atoms with Crippen LogP contribution < -0.4 is 10.3 Å². The average molecular weight is 384 g/mol. The molecular weight excluding hydrogens is 360 g/mol. The molecular formula is C21H24N2O5. The largest absolute Gasteiger partial charge is 0.412 e. The van der Waals surface area contributed by atoms with Gasteiger partial charge in [-0.3, -0.25) is 4.79 Å². The van der Waals surface area contributed by atoms with Gasteiger partial charge in [0.1, 0.15) is 5.60 Å². The zero-order chi connectivity index (χ0) is 19.6. The molecule has 1 saturated heterocycles. The molecule has 1 aromatic heterocycles. The molecule has 1 saturated carbocycles. The maximum absolute atomic E-state index is 11.8. The third-order valence-electron chi connectivity index (χ3n) is 6.32. The number of nitrogens with zero attached hydrogens (tertiary/aromatic N) is 2. The highest BCUT2D eigenvalue weighted by atomic mass is 16.8. The van der Waals surface area contributed by atoms with Crippen molar-refractivity contribution in [1.29, 1.82) is 0 Å². The molecule has 3 atom stereocenters. The van der Waals surface area contributed by atoms with E-state index in [-0.39, 0.29) is 17.7 Å². The molecule has 1 N–H and O–H groups in total. The summed E-state index contributed by atoms with van der Waals surface area (Å²) in [5.74, 6) is -1.09. The van der Waals surface area contributed by atoms with Gasteiger partial charge in [0, 0.05) is 11.8 Å². The smallest absolute Gasteiger partial charge is 0.308 e. The second kappa shape index (κ2) is 5.89. The Balaban J connectivity index is 1.48. The summed E-state index contributed by atoms with van der Waals surface area (Å²) in [5, 5.41) is 11.1. The van der Waals surface area contributed by atoms with E-state index in [4.69, 9.17) is 14.2 Å². The molecule has 1 aliphatic carbocycles. The normalized spacial score (nSPS) is 31.9. The highest BCUT2D eigenvalue weighted by molar-refractivity contribution is 5.23. The molecule has 1 aromatic carbocycles. The molecule has 148 valence electrons. The number of benzene rings is 1. The van der Waals surface area contributed by atoms with Crippen molar-refractivity contribution in [3.63, 3.8) is 0 Å². The van der Waals surface area contributed by atoms with Crippen LogP contribution in [0.1, 0.15) is 43.7 Å². The summed E-state index contributed by atoms with van der Waals surface area (Å²) in [7, 11) is 0. The van der Waals surface area contributed by atoms with Crippen LogP contribution in [0.25, 0.3) is 0 Å². The van der Waals surface area contributed by atoms with Crippen molar-refractivity contribution in [1.82, 2.24) is 9.55 Å². The minimum Gasteiger partial charge on any atom is -0.412 e. The summed E-state index contributed by atoms with van der Waals surface area (Å²) in [6.45, 7) is 4.15. The van der Waals surface area contributed by atoms with E-state index in [2.05, 4.69) is 4.98 Å². The van der Waals surface area contributed by atoms with Crippen molar-refractivity contribution in [2.45, 2.75) is 69.4 Å². The fourth-order valence-corrected chi connectivity index (χ4v) is 4.53. The molecule has 0 radical (unpaired) electrons. The molecule has 7 nitrogen and oxygen atoms in total. The van der Waals surface area contributed by atoms with Crippen molar-refractivity contribution >= 4 is 0 Å². The molecule has 1 spiro atoms. The predicted octanol–water partition coefficient (Wildman–Crippen LogP) is 2.23. The van der Waals surface area contributed by atoms with Gasteiger partial charge in [-0.15, -0.1) is 0 Å². The fraction of sp³-hybridized carbons (Fsp3) is 0.524. The van der Waals surface area contributed by atoms with E-state index in [1.807, 2.05) is 37.3 Å². The van der Waals surface area contributed by atoms with Crippen LogP contribution in [0, 0.1) is 6.92 Å². The zero-order valence-corrected chi connectivity index (χ0v) is 16.1. The number of hydrogen-bond acceptors (Lipinski definition) is 6. The van der Waals surface area contributed by atoms with Crippen molar-refractivity contribution in [3.8, 4) is 6.01 Å². The first-order valence-corrected chi connectivity index (χ1v) is 9.79. The molecule has 3 heterocycles. The quantitative estimate of drug-likeness (QED) is 0.851. The van der Waals surface area contributed by atoms with E-state index in [0.29, 0.717) is 37.9 Å². The van der Waals surface area contributed by atoms with Crippen LogP contribution in [0.4, 0.5) is 0 Å². The zero-order valence-electron chi connectivity index (χ0n) is 16.1. The first-order chi connectivity index (χ1) is 13.4. The Morgan fingerprint density at radius 3 is 2.75 bits per heavy atom. The van der Waals surface area contributed by atoms with Gasteiger partial charge in [0.25, 0.3) is 5.56 Å². The number of fused-ring (bicyclic) bond motifs is 2. The second-order valence-electron chi connectivity index (χ2n) is 8.06. The molecule has 2 aliphatic heterocycles. The Kier molecular flexibility index (Phi) is 3.75. The van der Waals surface area contributed by atoms with E-state index in [1.54, 1.807) is 17.7 Å². The molecule has 5 rings (SSSR count). The van der Waals surface area contributed by atoms with E-state index in [0.717, 1.165) is 5.56 Å². The Hall–Kier alpha value is -2.22. The SMILES string of the molecule is CC[C@]1(C2(O)CC2)O[C@@]2(CC1OCc1ccccc1)Oc1nc(=O)c(C)cn12. The van der Waals surface area contributed by atoms with E-state index >= 15 is 0 Å². The van der Waals surface area contributed by atoms with Crippen molar-refractivity contribution in [2.24, 2.45) is 0 Å². The number of aliphatic hydroxyl groups is 1. The van der Waals surface area contributed by atoms with Crippen LogP contribution in [-0.4, -0.2) is 32.0 Å². The predicted molar refractivity (Wildman–Crippen MR) is 99.8 cm³/mol. The topological polar surface area (TPSA) is 82.8 Å². The minimum atomic E-state index is -1.09. The molecule has 2 aromatic rings. The van der Waals surface area contributed by atoms with Crippen molar-refractivity contribution in [3.05, 3.63) is 58.0 Å². The number of ether oxygens (including phenoxy) is 3. The van der Waals surface area contributed by atoms with Crippen molar-refractivity contribution < 1.29 is 19.3 Å². The first kappa shape index (κ1) is 17.8. The molecule has 28 heavy (non-hydrogen) atoms.